The number of aryl methyl sites for hydroxylation is 1. The summed E-state index contributed by atoms with van der Waals surface area (Å²) >= 11 is 5.08. The number of nitrogens with one attached hydrogen (secondary N) is 1. The van der Waals surface area contributed by atoms with Crippen LogP contribution in [0.5, 0.6) is 0 Å². The molecule has 0 fully saturated rings. The fourth-order valence-corrected chi connectivity index (χ4v) is 5.11. The highest BCUT2D eigenvalue weighted by molar-refractivity contribution is 9.10. The van der Waals surface area contributed by atoms with Crippen molar-refractivity contribution in [1.82, 2.24) is 10.2 Å². The highest BCUT2D eigenvalue weighted by Gasteiger charge is 2.30. The lowest BCUT2D eigenvalue weighted by molar-refractivity contribution is -0.139. The molecule has 190 valence electrons. The summed E-state index contributed by atoms with van der Waals surface area (Å²) in [6.45, 7) is 5.17. The third-order valence-corrected chi connectivity index (χ3v) is 7.46. The first kappa shape index (κ1) is 28.0. The van der Waals surface area contributed by atoms with Crippen LogP contribution in [0.4, 0.5) is 0 Å². The molecule has 0 aromatic heterocycles. The monoisotopic (exact) mass is 566 g/mol. The van der Waals surface area contributed by atoms with Gasteiger partial charge in [0.25, 0.3) is 0 Å². The lowest BCUT2D eigenvalue weighted by atomic mass is 10.0. The average molecular weight is 568 g/mol. The van der Waals surface area contributed by atoms with Crippen LogP contribution < -0.4 is 5.32 Å². The molecule has 6 heteroatoms. The number of hydrogen-bond acceptors (Lipinski definition) is 3. The Morgan fingerprint density at radius 2 is 1.67 bits per heavy atom. The molecular weight excluding hydrogens is 532 g/mol. The van der Waals surface area contributed by atoms with E-state index in [4.69, 9.17) is 0 Å². The van der Waals surface area contributed by atoms with Gasteiger partial charge in [-0.15, -0.1) is 11.8 Å². The quantitative estimate of drug-likeness (QED) is 0.239. The topological polar surface area (TPSA) is 49.4 Å². The lowest BCUT2D eigenvalue weighted by Crippen LogP contribution is -2.51. The standard InChI is InChI=1S/C30H35BrN2O2S/c1-3-4-17-32-30(35)28(19-24-10-6-5-7-11-24)33(20-25-13-15-27(31)16-14-25)29(34)22-36-21-26-12-8-9-23(2)18-26/h5-16,18,28H,3-4,17,19-22H2,1-2H3,(H,32,35). The summed E-state index contributed by atoms with van der Waals surface area (Å²) in [4.78, 5) is 28.8. The molecule has 0 spiro atoms. The molecule has 4 nitrogen and oxygen atoms in total. The van der Waals surface area contributed by atoms with Crippen LogP contribution in [0, 0.1) is 6.92 Å². The van der Waals surface area contributed by atoms with Crippen molar-refractivity contribution in [2.24, 2.45) is 0 Å². The number of unbranched alkanes of at least 4 members (excludes halogenated alkanes) is 1. The minimum absolute atomic E-state index is 0.0258. The van der Waals surface area contributed by atoms with Crippen LogP contribution in [-0.4, -0.2) is 35.1 Å². The molecule has 0 aliphatic carbocycles. The van der Waals surface area contributed by atoms with E-state index in [1.807, 2.05) is 60.7 Å². The third kappa shape index (κ3) is 9.14. The Kier molecular flexibility index (Phi) is 11.6. The number of halogens is 1. The van der Waals surface area contributed by atoms with Crippen LogP contribution in [0.25, 0.3) is 0 Å². The van der Waals surface area contributed by atoms with E-state index < -0.39 is 6.04 Å². The van der Waals surface area contributed by atoms with Gasteiger partial charge in [0.05, 0.1) is 5.75 Å². The van der Waals surface area contributed by atoms with Crippen molar-refractivity contribution in [1.29, 1.82) is 0 Å². The smallest absolute Gasteiger partial charge is 0.243 e. The predicted octanol–water partition coefficient (Wildman–Crippen LogP) is 6.55. The van der Waals surface area contributed by atoms with Crippen molar-refractivity contribution in [3.05, 3.63) is 106 Å². The Morgan fingerprint density at radius 3 is 2.36 bits per heavy atom. The maximum atomic E-state index is 13.7. The van der Waals surface area contributed by atoms with Crippen molar-refractivity contribution < 1.29 is 9.59 Å². The minimum atomic E-state index is -0.583. The van der Waals surface area contributed by atoms with Gasteiger partial charge in [-0.3, -0.25) is 9.59 Å². The summed E-state index contributed by atoms with van der Waals surface area (Å²) in [5.74, 6) is 0.951. The van der Waals surface area contributed by atoms with Gasteiger partial charge in [0.2, 0.25) is 11.8 Å². The van der Waals surface area contributed by atoms with Gasteiger partial charge in [0, 0.05) is 29.7 Å². The van der Waals surface area contributed by atoms with Crippen LogP contribution >= 0.6 is 27.7 Å². The minimum Gasteiger partial charge on any atom is -0.354 e. The maximum absolute atomic E-state index is 13.7. The SMILES string of the molecule is CCCCNC(=O)C(Cc1ccccc1)N(Cc1ccc(Br)cc1)C(=O)CSCc1cccc(C)c1. The molecule has 36 heavy (non-hydrogen) atoms. The fourth-order valence-electron chi connectivity index (χ4n) is 3.99. The van der Waals surface area contributed by atoms with Crippen molar-refractivity contribution in [2.75, 3.05) is 12.3 Å². The molecule has 1 unspecified atom stereocenters. The summed E-state index contributed by atoms with van der Waals surface area (Å²) < 4.78 is 0.982. The van der Waals surface area contributed by atoms with E-state index in [9.17, 15) is 9.59 Å². The van der Waals surface area contributed by atoms with E-state index >= 15 is 0 Å². The summed E-state index contributed by atoms with van der Waals surface area (Å²) in [6, 6.07) is 25.6. The number of nitrogens with zero attached hydrogens (tertiary/aromatic N) is 1. The zero-order valence-electron chi connectivity index (χ0n) is 21.1. The van der Waals surface area contributed by atoms with Gasteiger partial charge in [-0.25, -0.2) is 0 Å². The molecule has 0 aliphatic rings. The largest absolute Gasteiger partial charge is 0.354 e. The molecule has 3 aromatic carbocycles. The van der Waals surface area contributed by atoms with E-state index in [1.54, 1.807) is 16.7 Å². The molecule has 2 amide bonds. The molecule has 0 heterocycles. The molecule has 0 radical (unpaired) electrons. The lowest BCUT2D eigenvalue weighted by Gasteiger charge is -2.31. The Morgan fingerprint density at radius 1 is 0.944 bits per heavy atom. The number of thioether (sulfide) groups is 1. The summed E-state index contributed by atoms with van der Waals surface area (Å²) in [5.41, 5.74) is 4.44. The first-order chi connectivity index (χ1) is 17.5. The van der Waals surface area contributed by atoms with Crippen LogP contribution in [0.3, 0.4) is 0 Å². The molecular formula is C30H35BrN2O2S. The average Bonchev–Trinajstić information content (AvgIpc) is 2.88. The van der Waals surface area contributed by atoms with E-state index in [2.05, 4.69) is 53.3 Å². The van der Waals surface area contributed by atoms with E-state index in [0.717, 1.165) is 34.2 Å². The second-order valence-corrected chi connectivity index (χ2v) is 10.9. The van der Waals surface area contributed by atoms with Gasteiger partial charge in [0.1, 0.15) is 6.04 Å². The van der Waals surface area contributed by atoms with Gasteiger partial charge < -0.3 is 10.2 Å². The number of hydrogen-bond donors (Lipinski definition) is 1. The van der Waals surface area contributed by atoms with Crippen molar-refractivity contribution in [3.8, 4) is 0 Å². The van der Waals surface area contributed by atoms with Crippen LogP contribution in [0.1, 0.15) is 42.0 Å². The molecule has 1 atom stereocenters. The Bertz CT molecular complexity index is 1110. The molecule has 3 aromatic rings. The number of benzene rings is 3. The van der Waals surface area contributed by atoms with Crippen molar-refractivity contribution in [3.63, 3.8) is 0 Å². The highest BCUT2D eigenvalue weighted by atomic mass is 79.9. The Labute approximate surface area is 228 Å². The van der Waals surface area contributed by atoms with E-state index in [0.29, 0.717) is 25.3 Å². The first-order valence-electron chi connectivity index (χ1n) is 12.4. The third-order valence-electron chi connectivity index (χ3n) is 5.94. The summed E-state index contributed by atoms with van der Waals surface area (Å²) in [7, 11) is 0. The van der Waals surface area contributed by atoms with Crippen LogP contribution in [0.2, 0.25) is 0 Å². The highest BCUT2D eigenvalue weighted by Crippen LogP contribution is 2.20. The molecule has 0 saturated carbocycles. The van der Waals surface area contributed by atoms with Gasteiger partial charge in [0.15, 0.2) is 0 Å². The maximum Gasteiger partial charge on any atom is 0.243 e. The Balaban J connectivity index is 1.82. The van der Waals surface area contributed by atoms with E-state index in [-0.39, 0.29) is 11.8 Å². The van der Waals surface area contributed by atoms with Gasteiger partial charge in [-0.1, -0.05) is 102 Å². The first-order valence-corrected chi connectivity index (χ1v) is 14.4. The Hall–Kier alpha value is -2.57. The normalized spacial score (nSPS) is 11.6. The van der Waals surface area contributed by atoms with Crippen molar-refractivity contribution >= 4 is 39.5 Å². The predicted molar refractivity (Wildman–Crippen MR) is 154 cm³/mol. The summed E-state index contributed by atoms with van der Waals surface area (Å²) in [6.07, 6.45) is 2.39. The van der Waals surface area contributed by atoms with Crippen LogP contribution in [0.15, 0.2) is 83.3 Å². The number of carbonyl (C=O) groups excluding carboxylic acids is 2. The molecule has 0 saturated heterocycles. The zero-order chi connectivity index (χ0) is 25.8. The second-order valence-electron chi connectivity index (χ2n) is 8.98. The molecule has 0 aliphatic heterocycles. The summed E-state index contributed by atoms with van der Waals surface area (Å²) in [5, 5.41) is 3.08. The zero-order valence-corrected chi connectivity index (χ0v) is 23.5. The van der Waals surface area contributed by atoms with Crippen LogP contribution in [-0.2, 0) is 28.3 Å². The van der Waals surface area contributed by atoms with E-state index in [1.165, 1.54) is 11.1 Å². The fraction of sp³-hybridized carbons (Fsp3) is 0.333. The second kappa shape index (κ2) is 14.9. The van der Waals surface area contributed by atoms with Gasteiger partial charge in [-0.2, -0.15) is 0 Å². The number of carbonyl (C=O) groups is 2. The van der Waals surface area contributed by atoms with Gasteiger partial charge >= 0.3 is 0 Å². The number of rotatable bonds is 13. The molecule has 0 bridgehead atoms. The molecule has 3 rings (SSSR count). The number of amides is 2. The van der Waals surface area contributed by atoms with Crippen molar-refractivity contribution in [2.45, 2.75) is 51.4 Å². The van der Waals surface area contributed by atoms with Gasteiger partial charge in [-0.05, 0) is 42.2 Å². The molecule has 1 N–H and O–H groups in total.